The SMILES string of the molecule is CCOc1cncc(C(=O)C(N)c2cccs2)c1. The zero-order valence-corrected chi connectivity index (χ0v) is 10.8. The number of rotatable bonds is 5. The molecule has 0 aromatic carbocycles. The van der Waals surface area contributed by atoms with Crippen LogP contribution in [0.3, 0.4) is 0 Å². The van der Waals surface area contributed by atoms with Gasteiger partial charge in [0, 0.05) is 16.6 Å². The van der Waals surface area contributed by atoms with E-state index in [1.165, 1.54) is 17.5 Å². The average molecular weight is 262 g/mol. The lowest BCUT2D eigenvalue weighted by Gasteiger charge is -2.09. The normalized spacial score (nSPS) is 12.1. The van der Waals surface area contributed by atoms with Crippen molar-refractivity contribution in [2.75, 3.05) is 6.61 Å². The predicted octanol–water partition coefficient (Wildman–Crippen LogP) is 2.42. The van der Waals surface area contributed by atoms with Crippen LogP contribution in [0.25, 0.3) is 0 Å². The number of hydrogen-bond donors (Lipinski definition) is 1. The number of carbonyl (C=O) groups excluding carboxylic acids is 1. The smallest absolute Gasteiger partial charge is 0.186 e. The van der Waals surface area contributed by atoms with Crippen molar-refractivity contribution >= 4 is 17.1 Å². The van der Waals surface area contributed by atoms with Gasteiger partial charge in [-0.1, -0.05) is 6.07 Å². The molecule has 2 aromatic heterocycles. The molecule has 0 aliphatic rings. The van der Waals surface area contributed by atoms with Gasteiger partial charge in [-0.25, -0.2) is 0 Å². The first-order valence-corrected chi connectivity index (χ1v) is 6.51. The molecule has 5 heteroatoms. The molecule has 0 bridgehead atoms. The molecule has 0 radical (unpaired) electrons. The number of aromatic nitrogens is 1. The summed E-state index contributed by atoms with van der Waals surface area (Å²) in [7, 11) is 0. The number of ether oxygens (including phenoxy) is 1. The van der Waals surface area contributed by atoms with Crippen LogP contribution in [-0.2, 0) is 0 Å². The number of thiophene rings is 1. The Morgan fingerprint density at radius 3 is 3.06 bits per heavy atom. The summed E-state index contributed by atoms with van der Waals surface area (Å²) in [6.45, 7) is 2.42. The highest BCUT2D eigenvalue weighted by molar-refractivity contribution is 7.10. The Hall–Kier alpha value is -1.72. The maximum atomic E-state index is 12.2. The molecule has 1 unspecified atom stereocenters. The second kappa shape index (κ2) is 5.75. The summed E-state index contributed by atoms with van der Waals surface area (Å²) in [6, 6.07) is 4.77. The topological polar surface area (TPSA) is 65.2 Å². The fraction of sp³-hybridized carbons (Fsp3) is 0.231. The summed E-state index contributed by atoms with van der Waals surface area (Å²) in [5.41, 5.74) is 6.41. The summed E-state index contributed by atoms with van der Waals surface area (Å²) in [5, 5.41) is 1.90. The Balaban J connectivity index is 2.20. The molecule has 0 aliphatic heterocycles. The first-order valence-electron chi connectivity index (χ1n) is 5.63. The molecule has 18 heavy (non-hydrogen) atoms. The lowest BCUT2D eigenvalue weighted by molar-refractivity contribution is 0.0962. The minimum atomic E-state index is -0.635. The number of pyridine rings is 1. The van der Waals surface area contributed by atoms with Crippen LogP contribution >= 0.6 is 11.3 Å². The Kier molecular flexibility index (Phi) is 4.07. The molecule has 0 saturated carbocycles. The van der Waals surface area contributed by atoms with Gasteiger partial charge in [-0.3, -0.25) is 9.78 Å². The van der Waals surface area contributed by atoms with E-state index in [4.69, 9.17) is 10.5 Å². The van der Waals surface area contributed by atoms with E-state index in [1.807, 2.05) is 24.4 Å². The van der Waals surface area contributed by atoms with Crippen LogP contribution in [0.2, 0.25) is 0 Å². The number of carbonyl (C=O) groups is 1. The maximum absolute atomic E-state index is 12.2. The highest BCUT2D eigenvalue weighted by Gasteiger charge is 2.19. The summed E-state index contributed by atoms with van der Waals surface area (Å²) >= 11 is 1.47. The molecule has 1 atom stereocenters. The van der Waals surface area contributed by atoms with Crippen molar-refractivity contribution in [2.24, 2.45) is 5.73 Å². The van der Waals surface area contributed by atoms with Crippen LogP contribution in [-0.4, -0.2) is 17.4 Å². The van der Waals surface area contributed by atoms with Gasteiger partial charge < -0.3 is 10.5 Å². The summed E-state index contributed by atoms with van der Waals surface area (Å²) in [5.74, 6) is 0.438. The number of Topliss-reactive ketones (excluding diaryl/α,β-unsaturated/α-hetero) is 1. The standard InChI is InChI=1S/C13H14N2O2S/c1-2-17-10-6-9(7-15-8-10)13(16)12(14)11-4-3-5-18-11/h3-8,12H,2,14H2,1H3. The molecule has 4 nitrogen and oxygen atoms in total. The minimum Gasteiger partial charge on any atom is -0.492 e. The molecule has 2 rings (SSSR count). The fourth-order valence-corrected chi connectivity index (χ4v) is 2.30. The van der Waals surface area contributed by atoms with Gasteiger partial charge in [0.15, 0.2) is 5.78 Å². The number of hydrogen-bond acceptors (Lipinski definition) is 5. The highest BCUT2D eigenvalue weighted by Crippen LogP contribution is 2.22. The number of ketones is 1. The molecule has 94 valence electrons. The van der Waals surface area contributed by atoms with E-state index >= 15 is 0 Å². The first-order chi connectivity index (χ1) is 8.72. The number of nitrogens with two attached hydrogens (primary N) is 1. The third kappa shape index (κ3) is 2.75. The Labute approximate surface area is 109 Å². The van der Waals surface area contributed by atoms with E-state index in [9.17, 15) is 4.79 Å². The molecule has 0 fully saturated rings. The summed E-state index contributed by atoms with van der Waals surface area (Å²) < 4.78 is 5.31. The van der Waals surface area contributed by atoms with Crippen LogP contribution < -0.4 is 10.5 Å². The molecule has 0 spiro atoms. The molecule has 0 aliphatic carbocycles. The molecule has 2 N–H and O–H groups in total. The average Bonchev–Trinajstić information content (AvgIpc) is 2.91. The van der Waals surface area contributed by atoms with E-state index in [1.54, 1.807) is 12.3 Å². The van der Waals surface area contributed by atoms with E-state index in [2.05, 4.69) is 4.98 Å². The van der Waals surface area contributed by atoms with Crippen molar-refractivity contribution in [1.29, 1.82) is 0 Å². The second-order valence-corrected chi connectivity index (χ2v) is 4.68. The van der Waals surface area contributed by atoms with E-state index < -0.39 is 6.04 Å². The quantitative estimate of drug-likeness (QED) is 0.840. The van der Waals surface area contributed by atoms with Crippen LogP contribution in [0.4, 0.5) is 0 Å². The van der Waals surface area contributed by atoms with E-state index in [0.29, 0.717) is 17.9 Å². The van der Waals surface area contributed by atoms with Gasteiger partial charge in [-0.2, -0.15) is 0 Å². The predicted molar refractivity (Wildman–Crippen MR) is 71.0 cm³/mol. The van der Waals surface area contributed by atoms with Gasteiger partial charge in [-0.05, 0) is 24.4 Å². The zero-order valence-electron chi connectivity index (χ0n) is 10.00. The highest BCUT2D eigenvalue weighted by atomic mass is 32.1. The molecule has 0 saturated heterocycles. The van der Waals surface area contributed by atoms with Crippen molar-refractivity contribution in [3.63, 3.8) is 0 Å². The fourth-order valence-electron chi connectivity index (χ4n) is 1.58. The van der Waals surface area contributed by atoms with Gasteiger partial charge in [0.1, 0.15) is 11.8 Å². The Morgan fingerprint density at radius 1 is 1.56 bits per heavy atom. The van der Waals surface area contributed by atoms with Gasteiger partial charge in [0.05, 0.1) is 12.8 Å². The Bertz CT molecular complexity index is 526. The van der Waals surface area contributed by atoms with Crippen molar-refractivity contribution < 1.29 is 9.53 Å². The zero-order chi connectivity index (χ0) is 13.0. The first kappa shape index (κ1) is 12.7. The molecule has 0 amide bonds. The van der Waals surface area contributed by atoms with Crippen LogP contribution in [0.1, 0.15) is 28.2 Å². The van der Waals surface area contributed by atoms with Crippen molar-refractivity contribution in [3.05, 3.63) is 46.4 Å². The van der Waals surface area contributed by atoms with Crippen LogP contribution in [0.15, 0.2) is 36.0 Å². The van der Waals surface area contributed by atoms with Gasteiger partial charge >= 0.3 is 0 Å². The monoisotopic (exact) mass is 262 g/mol. The van der Waals surface area contributed by atoms with Gasteiger partial charge in [0.25, 0.3) is 0 Å². The van der Waals surface area contributed by atoms with E-state index in [0.717, 1.165) is 4.88 Å². The molecule has 2 aromatic rings. The molecular weight excluding hydrogens is 248 g/mol. The lowest BCUT2D eigenvalue weighted by atomic mass is 10.1. The van der Waals surface area contributed by atoms with Gasteiger partial charge in [0.2, 0.25) is 0 Å². The number of nitrogens with zero attached hydrogens (tertiary/aromatic N) is 1. The molecule has 2 heterocycles. The third-order valence-corrected chi connectivity index (χ3v) is 3.40. The summed E-state index contributed by atoms with van der Waals surface area (Å²) in [6.07, 6.45) is 3.09. The largest absolute Gasteiger partial charge is 0.492 e. The summed E-state index contributed by atoms with van der Waals surface area (Å²) in [4.78, 5) is 17.0. The van der Waals surface area contributed by atoms with Gasteiger partial charge in [-0.15, -0.1) is 11.3 Å². The minimum absolute atomic E-state index is 0.147. The second-order valence-electron chi connectivity index (χ2n) is 3.70. The van der Waals surface area contributed by atoms with Crippen molar-refractivity contribution in [2.45, 2.75) is 13.0 Å². The molecular formula is C13H14N2O2S. The van der Waals surface area contributed by atoms with Crippen LogP contribution in [0.5, 0.6) is 5.75 Å². The van der Waals surface area contributed by atoms with Crippen molar-refractivity contribution in [3.8, 4) is 5.75 Å². The van der Waals surface area contributed by atoms with E-state index in [-0.39, 0.29) is 5.78 Å². The van der Waals surface area contributed by atoms with Crippen LogP contribution in [0, 0.1) is 0 Å². The Morgan fingerprint density at radius 2 is 2.39 bits per heavy atom. The van der Waals surface area contributed by atoms with Crippen molar-refractivity contribution in [1.82, 2.24) is 4.98 Å². The lowest BCUT2D eigenvalue weighted by Crippen LogP contribution is -2.20. The third-order valence-electron chi connectivity index (χ3n) is 2.44. The maximum Gasteiger partial charge on any atom is 0.186 e.